The van der Waals surface area contributed by atoms with E-state index in [-0.39, 0.29) is 5.97 Å². The van der Waals surface area contributed by atoms with Crippen molar-refractivity contribution in [3.05, 3.63) is 14.9 Å². The van der Waals surface area contributed by atoms with E-state index in [1.807, 2.05) is 20.8 Å². The Morgan fingerprint density at radius 3 is 2.13 bits per heavy atom. The first kappa shape index (κ1) is 14.8. The van der Waals surface area contributed by atoms with Crippen LogP contribution in [0.1, 0.15) is 27.2 Å². The molecule has 15 heavy (non-hydrogen) atoms. The van der Waals surface area contributed by atoms with Crippen LogP contribution >= 0.6 is 0 Å². The van der Waals surface area contributed by atoms with Gasteiger partial charge in [0, 0.05) is 0 Å². The Morgan fingerprint density at radius 2 is 1.80 bits per heavy atom. The van der Waals surface area contributed by atoms with Gasteiger partial charge in [0.05, 0.1) is 0 Å². The summed E-state index contributed by atoms with van der Waals surface area (Å²) in [6.45, 7) is 6.33. The Balaban J connectivity index is 4.87. The zero-order valence-corrected chi connectivity index (χ0v) is 13.6. The van der Waals surface area contributed by atoms with Gasteiger partial charge in [0.15, 0.2) is 0 Å². The molecule has 3 heteroatoms. The summed E-state index contributed by atoms with van der Waals surface area (Å²) >= 11 is -2.18. The second-order valence-electron chi connectivity index (χ2n) is 4.84. The molecule has 0 aliphatic rings. The molecule has 0 aliphatic heterocycles. The van der Waals surface area contributed by atoms with Crippen molar-refractivity contribution in [2.75, 3.05) is 6.61 Å². The molecule has 0 rings (SSSR count). The summed E-state index contributed by atoms with van der Waals surface area (Å²) in [4.78, 5) is 18.3. The molecule has 86 valence electrons. The number of hydrogen-bond donors (Lipinski definition) is 0. The molecule has 0 radical (unpaired) electrons. The van der Waals surface area contributed by atoms with Crippen LogP contribution in [0.5, 0.6) is 0 Å². The van der Waals surface area contributed by atoms with Crippen molar-refractivity contribution in [3.8, 4) is 0 Å². The number of rotatable bonds is 4. The van der Waals surface area contributed by atoms with Crippen LogP contribution in [0.3, 0.4) is 0 Å². The van der Waals surface area contributed by atoms with Crippen molar-refractivity contribution in [1.29, 1.82) is 0 Å². The van der Waals surface area contributed by atoms with Gasteiger partial charge in [0.2, 0.25) is 0 Å². The second kappa shape index (κ2) is 6.39. The van der Waals surface area contributed by atoms with Gasteiger partial charge in [-0.3, -0.25) is 0 Å². The van der Waals surface area contributed by atoms with Crippen LogP contribution in [0.4, 0.5) is 0 Å². The van der Waals surface area contributed by atoms with Crippen molar-refractivity contribution in [1.82, 2.24) is 0 Å². The van der Waals surface area contributed by atoms with Crippen molar-refractivity contribution in [3.63, 3.8) is 0 Å². The van der Waals surface area contributed by atoms with Gasteiger partial charge < -0.3 is 0 Å². The van der Waals surface area contributed by atoms with E-state index < -0.39 is 18.4 Å². The summed E-state index contributed by atoms with van der Waals surface area (Å²) in [6.07, 6.45) is 0.429. The van der Waals surface area contributed by atoms with E-state index in [4.69, 9.17) is 4.74 Å². The standard InChI is InChI=1S/C9H13O2.3CH3.Sn/c1-4-11-9(10)7-5-6-8(2)3;;;;/h4,7H2,1-3H3;3*1H3;. The third kappa shape index (κ3) is 6.80. The minimum atomic E-state index is -2.18. The van der Waals surface area contributed by atoms with Crippen molar-refractivity contribution in [2.45, 2.75) is 42.0 Å². The van der Waals surface area contributed by atoms with Crippen molar-refractivity contribution in [2.24, 2.45) is 0 Å². The molecule has 0 saturated carbocycles. The molecule has 0 aromatic rings. The Bertz CT molecular complexity index is 287. The van der Waals surface area contributed by atoms with Gasteiger partial charge in [-0.25, -0.2) is 0 Å². The fourth-order valence-electron chi connectivity index (χ4n) is 1.15. The van der Waals surface area contributed by atoms with Crippen LogP contribution in [0.2, 0.25) is 14.8 Å². The van der Waals surface area contributed by atoms with Crippen LogP contribution in [-0.4, -0.2) is 31.0 Å². The molecular formula is C12H22O2Sn. The van der Waals surface area contributed by atoms with Crippen molar-refractivity contribution >= 4 is 24.3 Å². The molecule has 0 spiro atoms. The topological polar surface area (TPSA) is 26.3 Å². The predicted octanol–water partition coefficient (Wildman–Crippen LogP) is 3.31. The van der Waals surface area contributed by atoms with Gasteiger partial charge in [-0.1, -0.05) is 0 Å². The van der Waals surface area contributed by atoms with E-state index >= 15 is 0 Å². The maximum absolute atomic E-state index is 11.4. The molecule has 0 atom stereocenters. The molecule has 0 aliphatic carbocycles. The zero-order chi connectivity index (χ0) is 12.1. The molecule has 0 unspecified atom stereocenters. The molecule has 0 heterocycles. The van der Waals surface area contributed by atoms with Gasteiger partial charge in [-0.2, -0.15) is 0 Å². The molecule has 0 N–H and O–H groups in total. The number of ether oxygens (including phenoxy) is 1. The van der Waals surface area contributed by atoms with Crippen molar-refractivity contribution < 1.29 is 9.53 Å². The Hall–Kier alpha value is -0.211. The zero-order valence-electron chi connectivity index (χ0n) is 10.7. The molecule has 2 nitrogen and oxygen atoms in total. The average Bonchev–Trinajstić information content (AvgIpc) is 2.00. The van der Waals surface area contributed by atoms with E-state index in [2.05, 4.69) is 20.6 Å². The minimum absolute atomic E-state index is 0.118. The second-order valence-corrected chi connectivity index (χ2v) is 19.4. The number of esters is 1. The van der Waals surface area contributed by atoms with Crippen LogP contribution in [0.15, 0.2) is 14.9 Å². The fourth-order valence-corrected chi connectivity index (χ4v) is 4.86. The number of carbonyl (C=O) groups is 1. The fraction of sp³-hybridized carbons (Fsp3) is 0.667. The summed E-state index contributed by atoms with van der Waals surface area (Å²) in [5.41, 5.74) is 4.47. The molecule has 0 saturated heterocycles. The monoisotopic (exact) mass is 318 g/mol. The third-order valence-electron chi connectivity index (χ3n) is 1.93. The first-order valence-electron chi connectivity index (χ1n) is 5.36. The number of carbonyl (C=O) groups excluding carboxylic acids is 1. The maximum atomic E-state index is 11.4. The Morgan fingerprint density at radius 1 is 1.27 bits per heavy atom. The molecule has 0 fully saturated rings. The van der Waals surface area contributed by atoms with E-state index in [9.17, 15) is 4.79 Å². The van der Waals surface area contributed by atoms with Gasteiger partial charge in [-0.15, -0.1) is 0 Å². The average molecular weight is 317 g/mol. The van der Waals surface area contributed by atoms with Gasteiger partial charge in [-0.05, 0) is 0 Å². The third-order valence-corrected chi connectivity index (χ3v) is 7.96. The summed E-state index contributed by atoms with van der Waals surface area (Å²) in [7, 11) is 0. The Labute approximate surface area is 97.3 Å². The summed E-state index contributed by atoms with van der Waals surface area (Å²) in [5.74, 6) is -0.118. The normalized spacial score (nSPS) is 10.5. The first-order valence-corrected chi connectivity index (χ1v) is 15.4. The molecular weight excluding hydrogens is 295 g/mol. The summed E-state index contributed by atoms with van der Waals surface area (Å²) in [5, 5.41) is 0. The number of hydrogen-bond acceptors (Lipinski definition) is 2. The van der Waals surface area contributed by atoms with Crippen LogP contribution in [0.25, 0.3) is 0 Å². The van der Waals surface area contributed by atoms with Crippen LogP contribution in [-0.2, 0) is 9.53 Å². The molecule has 0 aromatic heterocycles. The summed E-state index contributed by atoms with van der Waals surface area (Å²) in [6, 6.07) is 0. The summed E-state index contributed by atoms with van der Waals surface area (Å²) < 4.78 is 6.18. The molecule has 0 amide bonds. The van der Waals surface area contributed by atoms with Gasteiger partial charge in [0.25, 0.3) is 0 Å². The van der Waals surface area contributed by atoms with E-state index in [1.165, 1.54) is 3.59 Å². The quantitative estimate of drug-likeness (QED) is 0.452. The van der Waals surface area contributed by atoms with Gasteiger partial charge in [0.1, 0.15) is 0 Å². The predicted molar refractivity (Wildman–Crippen MR) is 66.5 cm³/mol. The van der Waals surface area contributed by atoms with E-state index in [0.29, 0.717) is 13.0 Å². The first-order chi connectivity index (χ1) is 6.77. The molecule has 0 bridgehead atoms. The van der Waals surface area contributed by atoms with Crippen LogP contribution < -0.4 is 0 Å². The van der Waals surface area contributed by atoms with E-state index in [1.54, 1.807) is 0 Å². The SMILES string of the molecule is CCOC(=O)C[C](=C=C(C)C)[Sn]([CH3])([CH3])[CH3]. The van der Waals surface area contributed by atoms with E-state index in [0.717, 1.165) is 5.57 Å². The van der Waals surface area contributed by atoms with Crippen LogP contribution in [0, 0.1) is 0 Å². The molecule has 0 aromatic carbocycles. The Kier molecular flexibility index (Phi) is 6.30. The van der Waals surface area contributed by atoms with Gasteiger partial charge >= 0.3 is 97.4 Å².